The number of carbonyl (C=O) groups is 2. The van der Waals surface area contributed by atoms with E-state index in [0.717, 1.165) is 5.56 Å². The lowest BCUT2D eigenvalue weighted by molar-refractivity contribution is -0.141. The van der Waals surface area contributed by atoms with E-state index in [0.29, 0.717) is 16.9 Å². The summed E-state index contributed by atoms with van der Waals surface area (Å²) in [7, 11) is 1.56. The quantitative estimate of drug-likeness (QED) is 0.337. The van der Waals surface area contributed by atoms with Gasteiger partial charge >= 0.3 is 5.97 Å². The fourth-order valence-electron chi connectivity index (χ4n) is 2.69. The Bertz CT molecular complexity index is 945. The Labute approximate surface area is 164 Å². The number of hydrogen-bond acceptors (Lipinski definition) is 4. The summed E-state index contributed by atoms with van der Waals surface area (Å²) in [5.74, 6) is -0.231. The van der Waals surface area contributed by atoms with Crippen LogP contribution in [-0.2, 0) is 9.53 Å². The summed E-state index contributed by atoms with van der Waals surface area (Å²) in [4.78, 5) is 25.4. The molecule has 0 heterocycles. The molecule has 3 rings (SSSR count). The number of esters is 1. The first-order valence-electron chi connectivity index (χ1n) is 8.84. The van der Waals surface area contributed by atoms with Crippen LogP contribution in [0.25, 0.3) is 6.08 Å². The van der Waals surface area contributed by atoms with Crippen LogP contribution < -0.4 is 4.74 Å². The molecule has 0 amide bonds. The van der Waals surface area contributed by atoms with Crippen LogP contribution in [0.5, 0.6) is 5.75 Å². The first-order valence-corrected chi connectivity index (χ1v) is 8.84. The van der Waals surface area contributed by atoms with Gasteiger partial charge in [0, 0.05) is 17.2 Å². The number of ketones is 1. The minimum absolute atomic E-state index is 0.296. The number of benzene rings is 3. The Kier molecular flexibility index (Phi) is 6.37. The maximum Gasteiger partial charge on any atom is 0.331 e. The molecule has 1 unspecified atom stereocenters. The summed E-state index contributed by atoms with van der Waals surface area (Å²) < 4.78 is 10.7. The van der Waals surface area contributed by atoms with E-state index in [9.17, 15) is 9.59 Å². The summed E-state index contributed by atoms with van der Waals surface area (Å²) in [6.07, 6.45) is 1.96. The van der Waals surface area contributed by atoms with Crippen molar-refractivity contribution in [3.05, 3.63) is 108 Å². The monoisotopic (exact) mass is 372 g/mol. The zero-order valence-corrected chi connectivity index (χ0v) is 15.4. The van der Waals surface area contributed by atoms with Crippen molar-refractivity contribution < 1.29 is 19.1 Å². The SMILES string of the molecule is COc1ccc(C(=O)C(OC(=O)/C=C/c2ccccc2)c2ccccc2)cc1. The van der Waals surface area contributed by atoms with Gasteiger partial charge in [-0.15, -0.1) is 0 Å². The lowest BCUT2D eigenvalue weighted by atomic mass is 9.99. The molecule has 0 aromatic heterocycles. The minimum atomic E-state index is -1.03. The largest absolute Gasteiger partial charge is 0.497 e. The lowest BCUT2D eigenvalue weighted by Gasteiger charge is -2.16. The van der Waals surface area contributed by atoms with Crippen molar-refractivity contribution in [1.29, 1.82) is 0 Å². The van der Waals surface area contributed by atoms with Crippen molar-refractivity contribution in [3.63, 3.8) is 0 Å². The zero-order chi connectivity index (χ0) is 19.8. The third-order valence-electron chi connectivity index (χ3n) is 4.16. The number of rotatable bonds is 7. The fourth-order valence-corrected chi connectivity index (χ4v) is 2.69. The molecule has 28 heavy (non-hydrogen) atoms. The molecule has 0 aliphatic carbocycles. The van der Waals surface area contributed by atoms with Crippen LogP contribution in [0.15, 0.2) is 91.0 Å². The van der Waals surface area contributed by atoms with Gasteiger partial charge < -0.3 is 9.47 Å². The number of carbonyl (C=O) groups excluding carboxylic acids is 2. The molecule has 0 aliphatic heterocycles. The van der Waals surface area contributed by atoms with E-state index in [1.807, 2.05) is 36.4 Å². The van der Waals surface area contributed by atoms with E-state index < -0.39 is 12.1 Å². The highest BCUT2D eigenvalue weighted by molar-refractivity contribution is 6.01. The molecule has 4 nitrogen and oxygen atoms in total. The molecule has 0 saturated heterocycles. The third kappa shape index (κ3) is 4.95. The Balaban J connectivity index is 1.81. The molecule has 0 fully saturated rings. The highest BCUT2D eigenvalue weighted by Gasteiger charge is 2.25. The number of ether oxygens (including phenoxy) is 2. The Hall–Kier alpha value is -3.66. The molecule has 3 aromatic rings. The van der Waals surface area contributed by atoms with E-state index in [1.165, 1.54) is 6.08 Å². The zero-order valence-electron chi connectivity index (χ0n) is 15.4. The summed E-state index contributed by atoms with van der Waals surface area (Å²) in [6.45, 7) is 0. The summed E-state index contributed by atoms with van der Waals surface area (Å²) in [6, 6.07) is 25.1. The maximum atomic E-state index is 13.0. The first kappa shape index (κ1) is 19.1. The van der Waals surface area contributed by atoms with Crippen LogP contribution >= 0.6 is 0 Å². The molecule has 3 aromatic carbocycles. The second-order valence-corrected chi connectivity index (χ2v) is 6.06. The number of Topliss-reactive ketones (excluding diaryl/α,β-unsaturated/α-hetero) is 1. The van der Waals surface area contributed by atoms with Gasteiger partial charge in [0.2, 0.25) is 5.78 Å². The van der Waals surface area contributed by atoms with E-state index in [2.05, 4.69) is 0 Å². The smallest absolute Gasteiger partial charge is 0.331 e. The fraction of sp³-hybridized carbons (Fsp3) is 0.0833. The van der Waals surface area contributed by atoms with Gasteiger partial charge in [-0.25, -0.2) is 4.79 Å². The first-order chi connectivity index (χ1) is 13.7. The van der Waals surface area contributed by atoms with Gasteiger partial charge in [0.15, 0.2) is 6.10 Å². The molecule has 1 atom stereocenters. The molecule has 0 aliphatic rings. The summed E-state index contributed by atoms with van der Waals surface area (Å²) in [5.41, 5.74) is 1.93. The van der Waals surface area contributed by atoms with Crippen molar-refractivity contribution in [3.8, 4) is 5.75 Å². The van der Waals surface area contributed by atoms with Crippen LogP contribution in [0.1, 0.15) is 27.6 Å². The average molecular weight is 372 g/mol. The van der Waals surface area contributed by atoms with Gasteiger partial charge in [-0.05, 0) is 35.9 Å². The van der Waals surface area contributed by atoms with Gasteiger partial charge in [0.05, 0.1) is 7.11 Å². The predicted octanol–water partition coefficient (Wildman–Crippen LogP) is 4.88. The maximum absolute atomic E-state index is 13.0. The van der Waals surface area contributed by atoms with Crippen LogP contribution in [-0.4, -0.2) is 18.9 Å². The second kappa shape index (κ2) is 9.33. The molecule has 0 saturated carbocycles. The van der Waals surface area contributed by atoms with E-state index in [-0.39, 0.29) is 5.78 Å². The van der Waals surface area contributed by atoms with Gasteiger partial charge in [0.25, 0.3) is 0 Å². The summed E-state index contributed by atoms with van der Waals surface area (Å²) in [5, 5.41) is 0. The Morgan fingerprint density at radius 3 is 2.04 bits per heavy atom. The molecule has 140 valence electrons. The van der Waals surface area contributed by atoms with Crippen molar-refractivity contribution >= 4 is 17.8 Å². The van der Waals surface area contributed by atoms with E-state index in [4.69, 9.17) is 9.47 Å². The Morgan fingerprint density at radius 2 is 1.43 bits per heavy atom. The van der Waals surface area contributed by atoms with Gasteiger partial charge in [-0.2, -0.15) is 0 Å². The van der Waals surface area contributed by atoms with E-state index >= 15 is 0 Å². The molecular formula is C24H20O4. The molecule has 0 radical (unpaired) electrons. The van der Waals surface area contributed by atoms with Crippen LogP contribution in [0.4, 0.5) is 0 Å². The second-order valence-electron chi connectivity index (χ2n) is 6.06. The normalized spacial score (nSPS) is 11.8. The standard InChI is InChI=1S/C24H20O4/c1-27-21-15-13-19(14-16-21)23(26)24(20-10-6-3-7-11-20)28-22(25)17-12-18-8-4-2-5-9-18/h2-17,24H,1H3/b17-12+. The Morgan fingerprint density at radius 1 is 0.821 bits per heavy atom. The van der Waals surface area contributed by atoms with Gasteiger partial charge in [-0.1, -0.05) is 60.7 Å². The third-order valence-corrected chi connectivity index (χ3v) is 4.16. The molecule has 0 spiro atoms. The van der Waals surface area contributed by atoms with E-state index in [1.54, 1.807) is 61.7 Å². The van der Waals surface area contributed by atoms with Gasteiger partial charge in [-0.3, -0.25) is 4.79 Å². The van der Waals surface area contributed by atoms with Crippen LogP contribution in [0, 0.1) is 0 Å². The number of hydrogen-bond donors (Lipinski definition) is 0. The highest BCUT2D eigenvalue weighted by Crippen LogP contribution is 2.24. The van der Waals surface area contributed by atoms with Crippen LogP contribution in [0.3, 0.4) is 0 Å². The van der Waals surface area contributed by atoms with Crippen molar-refractivity contribution in [1.82, 2.24) is 0 Å². The highest BCUT2D eigenvalue weighted by atomic mass is 16.5. The molecule has 0 bridgehead atoms. The molecular weight excluding hydrogens is 352 g/mol. The predicted molar refractivity (Wildman–Crippen MR) is 108 cm³/mol. The van der Waals surface area contributed by atoms with Crippen LogP contribution in [0.2, 0.25) is 0 Å². The van der Waals surface area contributed by atoms with Crippen molar-refractivity contribution in [2.24, 2.45) is 0 Å². The minimum Gasteiger partial charge on any atom is -0.497 e. The molecule has 4 heteroatoms. The average Bonchev–Trinajstić information content (AvgIpc) is 2.77. The van der Waals surface area contributed by atoms with Crippen molar-refractivity contribution in [2.75, 3.05) is 7.11 Å². The van der Waals surface area contributed by atoms with Crippen molar-refractivity contribution in [2.45, 2.75) is 6.10 Å². The molecule has 0 N–H and O–H groups in total. The van der Waals surface area contributed by atoms with Gasteiger partial charge in [0.1, 0.15) is 5.75 Å². The number of methoxy groups -OCH3 is 1. The lowest BCUT2D eigenvalue weighted by Crippen LogP contribution is -2.19. The topological polar surface area (TPSA) is 52.6 Å². The summed E-state index contributed by atoms with van der Waals surface area (Å²) >= 11 is 0.